The summed E-state index contributed by atoms with van der Waals surface area (Å²) in [5, 5.41) is 8.73. The van der Waals surface area contributed by atoms with Crippen molar-refractivity contribution in [1.82, 2.24) is 25.8 Å². The van der Waals surface area contributed by atoms with E-state index < -0.39 is 30.1 Å². The number of carbonyl (C=O) groups excluding carboxylic acids is 5. The highest BCUT2D eigenvalue weighted by Crippen LogP contribution is 2.20. The second kappa shape index (κ2) is 16.2. The summed E-state index contributed by atoms with van der Waals surface area (Å²) < 4.78 is 5.23. The molecule has 2 saturated heterocycles. The minimum Gasteiger partial charge on any atom is -0.497 e. The van der Waals surface area contributed by atoms with Crippen LogP contribution in [0.5, 0.6) is 5.75 Å². The van der Waals surface area contributed by atoms with Gasteiger partial charge in [0.2, 0.25) is 29.5 Å². The summed E-state index contributed by atoms with van der Waals surface area (Å²) in [5.41, 5.74) is 2.01. The highest BCUT2D eigenvalue weighted by molar-refractivity contribution is 5.95. The quantitative estimate of drug-likeness (QED) is 0.408. The van der Waals surface area contributed by atoms with Gasteiger partial charge in [0.25, 0.3) is 0 Å². The number of nitrogens with zero attached hydrogens (tertiary/aromatic N) is 2. The Kier molecular flexibility index (Phi) is 12.2. The monoisotopic (exact) mass is 633 g/mol. The highest BCUT2D eigenvalue weighted by Gasteiger charge is 2.39. The van der Waals surface area contributed by atoms with E-state index in [-0.39, 0.29) is 49.1 Å². The predicted octanol–water partition coefficient (Wildman–Crippen LogP) is 2.22. The summed E-state index contributed by atoms with van der Waals surface area (Å²) in [6.45, 7) is 5.48. The fourth-order valence-electron chi connectivity index (χ4n) is 6.12. The molecule has 2 aliphatic rings. The minimum atomic E-state index is -0.890. The largest absolute Gasteiger partial charge is 0.497 e. The Bertz CT molecular complexity index is 1370. The zero-order chi connectivity index (χ0) is 33.2. The van der Waals surface area contributed by atoms with Gasteiger partial charge < -0.3 is 30.5 Å². The van der Waals surface area contributed by atoms with Crippen LogP contribution in [0.25, 0.3) is 0 Å². The standard InChI is InChI=1S/C35H47N5O6/c1-23(2)32-34(44)37-27(20-26-10-6-5-7-11-26)21-39(31(42)14-8-12-25-15-17-28(46-4)18-16-25)22-30(41)36-24(3)35(45)40-19-9-13-29(40)33(43)38-32/h5-7,10-11,15-18,23-24,27,29,32H,8-9,12-14,19-22H2,1-4H3,(H,36,41)(H,37,44)(H,38,43)/t24-,27-,29+,32-/m0/s1. The predicted molar refractivity (Wildman–Crippen MR) is 174 cm³/mol. The van der Waals surface area contributed by atoms with E-state index in [1.165, 1.54) is 9.80 Å². The molecule has 46 heavy (non-hydrogen) atoms. The Morgan fingerprint density at radius 1 is 0.935 bits per heavy atom. The van der Waals surface area contributed by atoms with E-state index in [0.29, 0.717) is 38.6 Å². The number of hydrogen-bond acceptors (Lipinski definition) is 6. The number of amides is 5. The molecule has 2 heterocycles. The maximum atomic E-state index is 13.8. The Morgan fingerprint density at radius 2 is 1.65 bits per heavy atom. The van der Waals surface area contributed by atoms with Gasteiger partial charge in [-0.15, -0.1) is 0 Å². The molecule has 0 aromatic heterocycles. The van der Waals surface area contributed by atoms with Gasteiger partial charge in [-0.1, -0.05) is 56.3 Å². The molecular weight excluding hydrogens is 586 g/mol. The van der Waals surface area contributed by atoms with Crippen molar-refractivity contribution in [3.05, 3.63) is 65.7 Å². The van der Waals surface area contributed by atoms with Crippen LogP contribution >= 0.6 is 0 Å². The number of ether oxygens (including phenoxy) is 1. The van der Waals surface area contributed by atoms with E-state index in [2.05, 4.69) is 16.0 Å². The van der Waals surface area contributed by atoms with Crippen molar-refractivity contribution in [1.29, 1.82) is 0 Å². The fraction of sp³-hybridized carbons (Fsp3) is 0.514. The Morgan fingerprint density at radius 3 is 2.33 bits per heavy atom. The molecule has 0 spiro atoms. The first-order valence-electron chi connectivity index (χ1n) is 16.2. The number of nitrogens with one attached hydrogen (secondary N) is 3. The lowest BCUT2D eigenvalue weighted by molar-refractivity contribution is -0.142. The van der Waals surface area contributed by atoms with Crippen LogP contribution in [0.4, 0.5) is 0 Å². The molecule has 5 amide bonds. The van der Waals surface area contributed by atoms with Crippen LogP contribution in [-0.4, -0.2) is 90.2 Å². The molecule has 11 heteroatoms. The Labute approximate surface area is 271 Å². The number of fused-ring (bicyclic) bond motifs is 1. The topological polar surface area (TPSA) is 137 Å². The molecule has 2 aromatic rings. The number of rotatable bonds is 8. The molecule has 11 nitrogen and oxygen atoms in total. The van der Waals surface area contributed by atoms with E-state index in [0.717, 1.165) is 16.9 Å². The van der Waals surface area contributed by atoms with Crippen LogP contribution in [0.1, 0.15) is 57.6 Å². The molecule has 2 aromatic carbocycles. The molecule has 4 atom stereocenters. The molecular formula is C35H47N5O6. The molecule has 2 aliphatic heterocycles. The van der Waals surface area contributed by atoms with Gasteiger partial charge in [0, 0.05) is 19.5 Å². The summed E-state index contributed by atoms with van der Waals surface area (Å²) >= 11 is 0. The first kappa shape index (κ1) is 34.5. The molecule has 0 saturated carbocycles. The van der Waals surface area contributed by atoms with Crippen molar-refractivity contribution in [2.24, 2.45) is 5.92 Å². The third-order valence-electron chi connectivity index (χ3n) is 8.65. The zero-order valence-electron chi connectivity index (χ0n) is 27.3. The van der Waals surface area contributed by atoms with Crippen molar-refractivity contribution >= 4 is 29.5 Å². The normalized spacial score (nSPS) is 23.2. The zero-order valence-corrected chi connectivity index (χ0v) is 27.3. The van der Waals surface area contributed by atoms with Gasteiger partial charge in [0.1, 0.15) is 23.9 Å². The van der Waals surface area contributed by atoms with Crippen molar-refractivity contribution in [3.8, 4) is 5.75 Å². The average molecular weight is 634 g/mol. The lowest BCUT2D eigenvalue weighted by Crippen LogP contribution is -2.58. The lowest BCUT2D eigenvalue weighted by Gasteiger charge is -2.31. The van der Waals surface area contributed by atoms with Crippen molar-refractivity contribution < 1.29 is 28.7 Å². The average Bonchev–Trinajstić information content (AvgIpc) is 3.53. The number of benzene rings is 2. The van der Waals surface area contributed by atoms with Crippen LogP contribution in [0.3, 0.4) is 0 Å². The van der Waals surface area contributed by atoms with E-state index >= 15 is 0 Å². The summed E-state index contributed by atoms with van der Waals surface area (Å²) in [6.07, 6.45) is 2.94. The Balaban J connectivity index is 1.60. The van der Waals surface area contributed by atoms with E-state index in [9.17, 15) is 24.0 Å². The third kappa shape index (κ3) is 9.31. The highest BCUT2D eigenvalue weighted by atomic mass is 16.5. The van der Waals surface area contributed by atoms with E-state index in [1.807, 2.05) is 68.4 Å². The van der Waals surface area contributed by atoms with Crippen molar-refractivity contribution in [3.63, 3.8) is 0 Å². The first-order valence-corrected chi connectivity index (χ1v) is 16.2. The van der Waals surface area contributed by atoms with Crippen LogP contribution < -0.4 is 20.7 Å². The second-order valence-electron chi connectivity index (χ2n) is 12.6. The first-order chi connectivity index (χ1) is 22.0. The lowest BCUT2D eigenvalue weighted by atomic mass is 10.00. The molecule has 248 valence electrons. The molecule has 3 N–H and O–H groups in total. The fourth-order valence-corrected chi connectivity index (χ4v) is 6.12. The number of hydrogen-bond donors (Lipinski definition) is 3. The van der Waals surface area contributed by atoms with Gasteiger partial charge in [-0.2, -0.15) is 0 Å². The van der Waals surface area contributed by atoms with E-state index in [1.54, 1.807) is 14.0 Å². The maximum absolute atomic E-state index is 13.8. The number of aryl methyl sites for hydroxylation is 1. The molecule has 0 bridgehead atoms. The van der Waals surface area contributed by atoms with Crippen LogP contribution in [0.15, 0.2) is 54.6 Å². The van der Waals surface area contributed by atoms with Gasteiger partial charge in [-0.3, -0.25) is 24.0 Å². The van der Waals surface area contributed by atoms with Gasteiger partial charge in [0.05, 0.1) is 19.7 Å². The van der Waals surface area contributed by atoms with Crippen molar-refractivity contribution in [2.75, 3.05) is 26.7 Å². The number of methoxy groups -OCH3 is 1. The van der Waals surface area contributed by atoms with E-state index in [4.69, 9.17) is 4.74 Å². The minimum absolute atomic E-state index is 0.0747. The molecule has 4 rings (SSSR count). The summed E-state index contributed by atoms with van der Waals surface area (Å²) in [5.74, 6) is -1.32. The molecule has 2 fully saturated rings. The number of carbonyl (C=O) groups is 5. The van der Waals surface area contributed by atoms with Crippen LogP contribution in [0, 0.1) is 5.92 Å². The molecule has 0 unspecified atom stereocenters. The molecule has 0 radical (unpaired) electrons. The summed E-state index contributed by atoms with van der Waals surface area (Å²) in [6, 6.07) is 14.3. The third-order valence-corrected chi connectivity index (χ3v) is 8.65. The summed E-state index contributed by atoms with van der Waals surface area (Å²) in [4.78, 5) is 70.6. The molecule has 0 aliphatic carbocycles. The maximum Gasteiger partial charge on any atom is 0.245 e. The van der Waals surface area contributed by atoms with Crippen LogP contribution in [0.2, 0.25) is 0 Å². The second-order valence-corrected chi connectivity index (χ2v) is 12.6. The van der Waals surface area contributed by atoms with Crippen LogP contribution in [-0.2, 0) is 36.8 Å². The van der Waals surface area contributed by atoms with Gasteiger partial charge in [-0.05, 0) is 68.2 Å². The van der Waals surface area contributed by atoms with Gasteiger partial charge >= 0.3 is 0 Å². The van der Waals surface area contributed by atoms with Gasteiger partial charge in [0.15, 0.2) is 0 Å². The SMILES string of the molecule is COc1ccc(CCCC(=O)N2CC(=O)N[C@@H](C)C(=O)N3CCC[C@@H]3C(=O)N[C@@H](C(C)C)C(=O)N[C@@H](Cc3ccccc3)C2)cc1. The van der Waals surface area contributed by atoms with Crippen molar-refractivity contribution in [2.45, 2.75) is 83.5 Å². The van der Waals surface area contributed by atoms with Gasteiger partial charge in [-0.25, -0.2) is 0 Å². The smallest absolute Gasteiger partial charge is 0.245 e. The summed E-state index contributed by atoms with van der Waals surface area (Å²) in [7, 11) is 1.61. The Hall–Kier alpha value is -4.41.